The number of benzene rings is 2. The highest BCUT2D eigenvalue weighted by molar-refractivity contribution is 8.01. The molecule has 0 atom stereocenters. The third kappa shape index (κ3) is 4.72. The third-order valence-electron chi connectivity index (χ3n) is 4.02. The molecule has 1 fully saturated rings. The summed E-state index contributed by atoms with van der Waals surface area (Å²) in [6, 6.07) is 14.5. The van der Waals surface area contributed by atoms with E-state index in [1.54, 1.807) is 29.8 Å². The standard InChI is InChI=1S/C19H16N4O2S2/c24-17(12-1-2-12)21-14-5-3-13(4-6-14)18(25)22-15-7-9-16(10-8-15)27-19-23-20-11-26-19/h3-12H,1-2H2,(H,21,24)(H,22,25). The highest BCUT2D eigenvalue weighted by Gasteiger charge is 2.29. The van der Waals surface area contributed by atoms with Crippen LogP contribution >= 0.6 is 23.1 Å². The fraction of sp³-hybridized carbons (Fsp3) is 0.158. The van der Waals surface area contributed by atoms with Gasteiger partial charge in [-0.3, -0.25) is 9.59 Å². The van der Waals surface area contributed by atoms with Crippen molar-refractivity contribution in [1.82, 2.24) is 10.2 Å². The van der Waals surface area contributed by atoms with Gasteiger partial charge in [-0.2, -0.15) is 0 Å². The van der Waals surface area contributed by atoms with Crippen LogP contribution in [-0.4, -0.2) is 22.0 Å². The Labute approximate surface area is 164 Å². The molecule has 1 saturated carbocycles. The zero-order chi connectivity index (χ0) is 18.6. The lowest BCUT2D eigenvalue weighted by atomic mass is 10.2. The summed E-state index contributed by atoms with van der Waals surface area (Å²) >= 11 is 3.01. The van der Waals surface area contributed by atoms with Gasteiger partial charge in [0.2, 0.25) is 5.91 Å². The summed E-state index contributed by atoms with van der Waals surface area (Å²) in [5.41, 5.74) is 3.65. The molecule has 1 heterocycles. The summed E-state index contributed by atoms with van der Waals surface area (Å²) in [6.07, 6.45) is 1.93. The van der Waals surface area contributed by atoms with Crippen LogP contribution in [0.2, 0.25) is 0 Å². The van der Waals surface area contributed by atoms with Crippen molar-refractivity contribution < 1.29 is 9.59 Å². The van der Waals surface area contributed by atoms with Crippen molar-refractivity contribution in [2.45, 2.75) is 22.1 Å². The van der Waals surface area contributed by atoms with E-state index in [1.807, 2.05) is 24.3 Å². The lowest BCUT2D eigenvalue weighted by Gasteiger charge is -2.08. The Morgan fingerprint density at radius 3 is 2.26 bits per heavy atom. The summed E-state index contributed by atoms with van der Waals surface area (Å²) in [7, 11) is 0. The molecule has 1 aliphatic rings. The van der Waals surface area contributed by atoms with Crippen molar-refractivity contribution in [3.8, 4) is 0 Å². The van der Waals surface area contributed by atoms with Crippen molar-refractivity contribution in [2.24, 2.45) is 5.92 Å². The van der Waals surface area contributed by atoms with E-state index < -0.39 is 0 Å². The molecule has 0 radical (unpaired) electrons. The molecule has 27 heavy (non-hydrogen) atoms. The van der Waals surface area contributed by atoms with Crippen LogP contribution in [0.3, 0.4) is 0 Å². The second-order valence-electron chi connectivity index (χ2n) is 6.13. The van der Waals surface area contributed by atoms with Gasteiger partial charge in [0.05, 0.1) is 0 Å². The van der Waals surface area contributed by atoms with E-state index in [0.717, 1.165) is 22.1 Å². The van der Waals surface area contributed by atoms with Crippen LogP contribution in [0.1, 0.15) is 23.2 Å². The maximum absolute atomic E-state index is 12.4. The van der Waals surface area contributed by atoms with Gasteiger partial charge in [0.15, 0.2) is 4.34 Å². The van der Waals surface area contributed by atoms with Crippen molar-refractivity contribution >= 4 is 46.3 Å². The Morgan fingerprint density at radius 2 is 1.63 bits per heavy atom. The van der Waals surface area contributed by atoms with Crippen LogP contribution in [0.4, 0.5) is 11.4 Å². The summed E-state index contributed by atoms with van der Waals surface area (Å²) in [5.74, 6) is 0.0132. The monoisotopic (exact) mass is 396 g/mol. The van der Waals surface area contributed by atoms with Crippen LogP contribution < -0.4 is 10.6 Å². The Bertz CT molecular complexity index is 937. The second kappa shape index (κ2) is 7.89. The molecular formula is C19H16N4O2S2. The smallest absolute Gasteiger partial charge is 0.255 e. The minimum absolute atomic E-state index is 0.0543. The fourth-order valence-electron chi connectivity index (χ4n) is 2.41. The Kier molecular flexibility index (Phi) is 5.17. The van der Waals surface area contributed by atoms with Gasteiger partial charge >= 0.3 is 0 Å². The molecule has 8 heteroatoms. The molecule has 2 amide bonds. The minimum Gasteiger partial charge on any atom is -0.326 e. The number of anilines is 2. The van der Waals surface area contributed by atoms with Crippen LogP contribution in [0.15, 0.2) is 63.3 Å². The topological polar surface area (TPSA) is 84.0 Å². The number of carbonyl (C=O) groups excluding carboxylic acids is 2. The Hall–Kier alpha value is -2.71. The van der Waals surface area contributed by atoms with E-state index in [4.69, 9.17) is 0 Å². The highest BCUT2D eigenvalue weighted by Crippen LogP contribution is 2.30. The largest absolute Gasteiger partial charge is 0.326 e. The number of hydrogen-bond acceptors (Lipinski definition) is 6. The predicted octanol–water partition coefficient (Wildman–Crippen LogP) is 4.29. The van der Waals surface area contributed by atoms with Crippen molar-refractivity contribution in [3.63, 3.8) is 0 Å². The van der Waals surface area contributed by atoms with E-state index in [9.17, 15) is 9.59 Å². The Morgan fingerprint density at radius 1 is 0.963 bits per heavy atom. The average Bonchev–Trinajstić information content (AvgIpc) is 3.42. The van der Waals surface area contributed by atoms with Gasteiger partial charge in [-0.15, -0.1) is 10.2 Å². The molecule has 0 spiro atoms. The molecule has 2 N–H and O–H groups in total. The molecule has 1 aliphatic carbocycles. The molecule has 0 aliphatic heterocycles. The number of carbonyl (C=O) groups is 2. The molecule has 0 saturated heterocycles. The average molecular weight is 396 g/mol. The quantitative estimate of drug-likeness (QED) is 0.649. The zero-order valence-electron chi connectivity index (χ0n) is 14.2. The van der Waals surface area contributed by atoms with Crippen LogP contribution in [0.5, 0.6) is 0 Å². The van der Waals surface area contributed by atoms with Gasteiger partial charge in [0.1, 0.15) is 5.51 Å². The van der Waals surface area contributed by atoms with Gasteiger partial charge in [0, 0.05) is 27.8 Å². The molecule has 0 bridgehead atoms. The van der Waals surface area contributed by atoms with E-state index in [-0.39, 0.29) is 17.7 Å². The molecule has 136 valence electrons. The van der Waals surface area contributed by atoms with Gasteiger partial charge in [0.25, 0.3) is 5.91 Å². The molecule has 3 aromatic rings. The summed E-state index contributed by atoms with van der Waals surface area (Å²) < 4.78 is 0.876. The SMILES string of the molecule is O=C(Nc1ccc(Sc2nncs2)cc1)c1ccc(NC(=O)C2CC2)cc1. The van der Waals surface area contributed by atoms with Gasteiger partial charge in [-0.25, -0.2) is 0 Å². The number of hydrogen-bond donors (Lipinski definition) is 2. The van der Waals surface area contributed by atoms with Crippen molar-refractivity contribution in [3.05, 3.63) is 59.6 Å². The number of aromatic nitrogens is 2. The highest BCUT2D eigenvalue weighted by atomic mass is 32.2. The van der Waals surface area contributed by atoms with E-state index in [1.165, 1.54) is 23.1 Å². The molecule has 6 nitrogen and oxygen atoms in total. The maximum atomic E-state index is 12.4. The number of nitrogens with one attached hydrogen (secondary N) is 2. The number of amides is 2. The first kappa shape index (κ1) is 17.7. The lowest BCUT2D eigenvalue weighted by molar-refractivity contribution is -0.117. The van der Waals surface area contributed by atoms with Gasteiger partial charge in [-0.05, 0) is 61.4 Å². The fourth-order valence-corrected chi connectivity index (χ4v) is 3.86. The van der Waals surface area contributed by atoms with Crippen LogP contribution in [-0.2, 0) is 4.79 Å². The summed E-state index contributed by atoms with van der Waals surface area (Å²) in [4.78, 5) is 25.2. The normalized spacial score (nSPS) is 13.2. The Balaban J connectivity index is 1.34. The second-order valence-corrected chi connectivity index (χ2v) is 8.28. The zero-order valence-corrected chi connectivity index (χ0v) is 15.8. The summed E-state index contributed by atoms with van der Waals surface area (Å²) in [6.45, 7) is 0. The lowest BCUT2D eigenvalue weighted by Crippen LogP contribution is -2.14. The van der Waals surface area contributed by atoms with Gasteiger partial charge in [-0.1, -0.05) is 23.1 Å². The van der Waals surface area contributed by atoms with Crippen molar-refractivity contribution in [2.75, 3.05) is 10.6 Å². The minimum atomic E-state index is -0.195. The van der Waals surface area contributed by atoms with Crippen LogP contribution in [0.25, 0.3) is 0 Å². The number of nitrogens with zero attached hydrogens (tertiary/aromatic N) is 2. The first-order valence-electron chi connectivity index (χ1n) is 8.44. The first-order chi connectivity index (χ1) is 13.2. The molecular weight excluding hydrogens is 380 g/mol. The van der Waals surface area contributed by atoms with E-state index >= 15 is 0 Å². The third-order valence-corrected chi connectivity index (χ3v) is 5.81. The van der Waals surface area contributed by atoms with Gasteiger partial charge < -0.3 is 10.6 Å². The number of rotatable bonds is 6. The first-order valence-corrected chi connectivity index (χ1v) is 10.1. The molecule has 1 aromatic heterocycles. The molecule has 0 unspecified atom stereocenters. The summed E-state index contributed by atoms with van der Waals surface area (Å²) in [5, 5.41) is 13.5. The van der Waals surface area contributed by atoms with E-state index in [2.05, 4.69) is 20.8 Å². The molecule has 4 rings (SSSR count). The predicted molar refractivity (Wildman–Crippen MR) is 106 cm³/mol. The van der Waals surface area contributed by atoms with Crippen molar-refractivity contribution in [1.29, 1.82) is 0 Å². The van der Waals surface area contributed by atoms with Crippen LogP contribution in [0, 0.1) is 5.92 Å². The molecule has 2 aromatic carbocycles. The van der Waals surface area contributed by atoms with E-state index in [0.29, 0.717) is 16.9 Å². The maximum Gasteiger partial charge on any atom is 0.255 e.